The van der Waals surface area contributed by atoms with Gasteiger partial charge in [0.05, 0.1) is 0 Å². The molecule has 9 heteroatoms. The van der Waals surface area contributed by atoms with Crippen LogP contribution in [0.5, 0.6) is 0 Å². The van der Waals surface area contributed by atoms with Gasteiger partial charge in [-0.1, -0.05) is 0 Å². The molecule has 0 fully saturated rings. The second-order valence-electron chi connectivity index (χ2n) is 1.92. The van der Waals surface area contributed by atoms with Gasteiger partial charge in [0.1, 0.15) is 0 Å². The van der Waals surface area contributed by atoms with Gasteiger partial charge in [-0.05, 0) is 21.9 Å². The smallest absolute Gasteiger partial charge is 0.000301 e. The third-order valence-electron chi connectivity index (χ3n) is 1.11. The molecule has 0 bridgehead atoms. The van der Waals surface area contributed by atoms with Crippen molar-refractivity contribution in [3.05, 3.63) is 0 Å². The Morgan fingerprint density at radius 2 is 1.67 bits per heavy atom. The average molecular weight is 97.3 g/mol. The number of hydrogen-bond donors (Lipinski definition) is 0. The molecule has 0 aromatic heterocycles. The summed E-state index contributed by atoms with van der Waals surface area (Å²) in [5.74, 6) is 0. The largest absolute Gasteiger partial charge is 0.729 e. The SMILES string of the molecule is [B]B([B])B([B][B-])B([B-])[B-]. The van der Waals surface area contributed by atoms with E-state index in [9.17, 15) is 0 Å². The first-order valence-electron chi connectivity index (χ1n) is 2.67. The van der Waals surface area contributed by atoms with Crippen molar-refractivity contribution in [2.75, 3.05) is 0 Å². The van der Waals surface area contributed by atoms with Crippen LogP contribution in [0.2, 0.25) is 0 Å². The van der Waals surface area contributed by atoms with Gasteiger partial charge in [0.25, 0.3) is 0 Å². The summed E-state index contributed by atoms with van der Waals surface area (Å²) >= 11 is 0. The second kappa shape index (κ2) is 4.41. The highest BCUT2D eigenvalue weighted by Gasteiger charge is 2.00. The minimum Gasteiger partial charge on any atom is -0.729 e. The fourth-order valence-corrected chi connectivity index (χ4v) is 0.513. The number of rotatable bonds is 3. The van der Waals surface area contributed by atoms with Crippen LogP contribution in [-0.2, 0) is 0 Å². The summed E-state index contributed by atoms with van der Waals surface area (Å²) in [6.07, 6.45) is -1.46. The van der Waals surface area contributed by atoms with Crippen molar-refractivity contribution in [2.24, 2.45) is 0 Å². The lowest BCUT2D eigenvalue weighted by Gasteiger charge is -2.47. The van der Waals surface area contributed by atoms with Gasteiger partial charge in [0.15, 0.2) is 0 Å². The first kappa shape index (κ1) is 9.58. The second-order valence-corrected chi connectivity index (χ2v) is 1.92. The van der Waals surface area contributed by atoms with Gasteiger partial charge in [0.2, 0.25) is 0 Å². The highest BCUT2D eigenvalue weighted by atomic mass is 13.0. The molecule has 30 valence electrons. The topological polar surface area (TPSA) is 0 Å². The Morgan fingerprint density at radius 3 is 1.67 bits per heavy atom. The van der Waals surface area contributed by atoms with Gasteiger partial charge in [0, 0.05) is 0 Å². The van der Waals surface area contributed by atoms with E-state index in [0.29, 0.717) is 0 Å². The van der Waals surface area contributed by atoms with E-state index in [1.165, 1.54) is 7.06 Å². The summed E-state index contributed by atoms with van der Waals surface area (Å²) < 4.78 is 0. The van der Waals surface area contributed by atoms with Gasteiger partial charge in [-0.3, -0.25) is 7.06 Å². The van der Waals surface area contributed by atoms with Crippen molar-refractivity contribution in [3.8, 4) is 0 Å². The van der Waals surface area contributed by atoms with Crippen LogP contribution >= 0.6 is 0 Å². The van der Waals surface area contributed by atoms with Crippen molar-refractivity contribution in [3.63, 3.8) is 0 Å². The summed E-state index contributed by atoms with van der Waals surface area (Å²) in [5, 5.41) is 0. The summed E-state index contributed by atoms with van der Waals surface area (Å²) in [5.41, 5.74) is 0. The van der Waals surface area contributed by atoms with Crippen LogP contribution in [0, 0.1) is 0 Å². The van der Waals surface area contributed by atoms with Crippen LogP contribution in [0.25, 0.3) is 0 Å². The van der Waals surface area contributed by atoms with Gasteiger partial charge >= 0.3 is 0 Å². The maximum atomic E-state index is 5.25. The molecule has 14 radical (unpaired) electrons. The molecule has 0 N–H and O–H groups in total. The molecule has 0 nitrogen and oxygen atoms in total. The maximum absolute atomic E-state index is 5.25. The van der Waals surface area contributed by atoms with E-state index < -0.39 is 12.8 Å². The first-order valence-corrected chi connectivity index (χ1v) is 2.67. The van der Waals surface area contributed by atoms with Crippen LogP contribution < -0.4 is 0 Å². The Balaban J connectivity index is 3.68. The Bertz CT molecular complexity index is 54.4. The van der Waals surface area contributed by atoms with Crippen molar-refractivity contribution in [2.45, 2.75) is 0 Å². The molecule has 0 spiro atoms. The lowest BCUT2D eigenvalue weighted by molar-refractivity contribution is 3.58. The van der Waals surface area contributed by atoms with Crippen LogP contribution in [0.1, 0.15) is 0 Å². The molecular weight excluding hydrogens is 97.3 g/mol. The monoisotopic (exact) mass is 99.1 g/mol. The van der Waals surface area contributed by atoms with Crippen LogP contribution in [0.4, 0.5) is 0 Å². The quantitative estimate of drug-likeness (QED) is 0.322. The molecule has 0 rings (SSSR count). The minimum atomic E-state index is -0.574. The molecule has 0 atom stereocenters. The van der Waals surface area contributed by atoms with Crippen LogP contribution in [-0.4, -0.2) is 64.9 Å². The molecule has 0 aliphatic carbocycles. The van der Waals surface area contributed by atoms with Crippen molar-refractivity contribution in [1.29, 1.82) is 0 Å². The Labute approximate surface area is 65.5 Å². The summed E-state index contributed by atoms with van der Waals surface area (Å²) in [4.78, 5) is 0. The molecule has 9 heavy (non-hydrogen) atoms. The zero-order valence-electron chi connectivity index (χ0n) is 5.20. The molecule has 0 aliphatic rings. The molecule has 0 saturated heterocycles. The summed E-state index contributed by atoms with van der Waals surface area (Å²) in [6, 6.07) is 0. The Morgan fingerprint density at radius 1 is 1.22 bits per heavy atom. The van der Waals surface area contributed by atoms with E-state index in [2.05, 4.69) is 0 Å². The molecule has 0 amide bonds. The number of hydrogen-bond acceptors (Lipinski definition) is 0. The minimum absolute atomic E-state index is 0.315. The van der Waals surface area contributed by atoms with Crippen LogP contribution in [0.15, 0.2) is 0 Å². The van der Waals surface area contributed by atoms with E-state index in [4.69, 9.17) is 38.7 Å². The zero-order chi connectivity index (χ0) is 7.44. The van der Waals surface area contributed by atoms with Gasteiger partial charge < -0.3 is 29.6 Å². The predicted octanol–water partition coefficient (Wildman–Crippen LogP) is -3.43. The van der Waals surface area contributed by atoms with Crippen LogP contribution in [0.3, 0.4) is 0 Å². The lowest BCUT2D eigenvalue weighted by Crippen LogP contribution is -2.55. The molecule has 0 saturated carbocycles. The standard InChI is InChI=1S/B9/c1-6-9(7(2)3)8(4)5/q-3. The highest BCUT2D eigenvalue weighted by molar-refractivity contribution is 7.93. The van der Waals surface area contributed by atoms with Crippen molar-refractivity contribution < 1.29 is 0 Å². The third kappa shape index (κ3) is 3.32. The molecule has 0 aliphatic heterocycles. The van der Waals surface area contributed by atoms with Gasteiger partial charge in [-0.2, -0.15) is 0 Å². The summed E-state index contributed by atoms with van der Waals surface area (Å²) in [6.45, 7) is 0. The van der Waals surface area contributed by atoms with E-state index in [-0.39, 0.29) is 6.39 Å². The fourth-order valence-electron chi connectivity index (χ4n) is 0.513. The zero-order valence-corrected chi connectivity index (χ0v) is 5.20. The lowest BCUT2D eigenvalue weighted by atomic mass is 8.64. The van der Waals surface area contributed by atoms with Gasteiger partial charge in [-0.25, -0.2) is 0 Å². The average Bonchev–Trinajstić information content (AvgIpc) is 1.64. The highest BCUT2D eigenvalue weighted by Crippen LogP contribution is 1.80. The summed E-state index contributed by atoms with van der Waals surface area (Å²) in [7, 11) is 27.5. The Hall–Kier alpha value is 0.584. The molecule has 0 heterocycles. The van der Waals surface area contributed by atoms with E-state index in [1.807, 2.05) is 0 Å². The maximum Gasteiger partial charge on any atom is -0.000301 e. The fraction of sp³-hybridized carbons (Fsp3) is 0. The predicted molar refractivity (Wildman–Crippen MR) is 51.8 cm³/mol. The van der Waals surface area contributed by atoms with Gasteiger partial charge in [-0.15, -0.1) is 6.39 Å². The molecule has 0 aromatic carbocycles. The first-order chi connectivity index (χ1) is 4.09. The normalized spacial score (nSPS) is 8.33. The molecular formula is B9-3. The van der Waals surface area contributed by atoms with E-state index >= 15 is 0 Å². The van der Waals surface area contributed by atoms with Crippen molar-refractivity contribution >= 4 is 64.9 Å². The van der Waals surface area contributed by atoms with Crippen molar-refractivity contribution in [1.82, 2.24) is 0 Å². The Kier molecular flexibility index (Phi) is 4.69. The van der Waals surface area contributed by atoms with E-state index in [0.717, 1.165) is 0 Å². The van der Waals surface area contributed by atoms with E-state index in [1.54, 1.807) is 0 Å². The molecule has 0 aromatic rings. The molecule has 0 unspecified atom stereocenters. The third-order valence-corrected chi connectivity index (χ3v) is 1.11.